The number of para-hydroxylation sites is 4. The van der Waals surface area contributed by atoms with Crippen LogP contribution in [0, 0.1) is 5.92 Å². The summed E-state index contributed by atoms with van der Waals surface area (Å²) in [6, 6.07) is 52.5. The van der Waals surface area contributed by atoms with Gasteiger partial charge in [-0.25, -0.2) is 27.6 Å². The van der Waals surface area contributed by atoms with Gasteiger partial charge < -0.3 is 15.1 Å². The molecule has 16 heteroatoms. The summed E-state index contributed by atoms with van der Waals surface area (Å²) in [5.41, 5.74) is 5.21. The largest absolute Gasteiger partial charge is 0.465 e. The molecular weight excluding hydrogens is 931 g/mol. The average Bonchev–Trinajstić information content (AvgIpc) is 3.85. The molecule has 15 nitrogen and oxygen atoms in total. The van der Waals surface area contributed by atoms with Crippen molar-refractivity contribution >= 4 is 44.3 Å². The van der Waals surface area contributed by atoms with E-state index in [-0.39, 0.29) is 29.1 Å². The minimum atomic E-state index is -4.25. The molecule has 372 valence electrons. The first-order valence-electron chi connectivity index (χ1n) is 24.4. The number of likely N-dealkylation sites (tertiary alicyclic amines) is 2. The molecule has 4 heterocycles. The number of rotatable bonds is 13. The van der Waals surface area contributed by atoms with E-state index in [0.29, 0.717) is 62.9 Å². The summed E-state index contributed by atoms with van der Waals surface area (Å²) < 4.78 is 34.3. The summed E-state index contributed by atoms with van der Waals surface area (Å²) in [6.07, 6.45) is 1.31. The Kier molecular flexibility index (Phi) is 14.9. The van der Waals surface area contributed by atoms with Gasteiger partial charge in [0.05, 0.1) is 33.1 Å². The number of imidazole rings is 2. The van der Waals surface area contributed by atoms with Gasteiger partial charge in [-0.05, 0) is 91.6 Å². The molecule has 2 aliphatic heterocycles. The van der Waals surface area contributed by atoms with Gasteiger partial charge in [-0.15, -0.1) is 0 Å². The molecule has 6 aromatic carbocycles. The molecule has 0 spiro atoms. The lowest BCUT2D eigenvalue weighted by atomic mass is 9.83. The molecule has 2 unspecified atom stereocenters. The van der Waals surface area contributed by atoms with E-state index in [9.17, 15) is 32.7 Å². The van der Waals surface area contributed by atoms with Crippen LogP contribution >= 0.6 is 0 Å². The maximum atomic E-state index is 14.7. The number of piperidine rings is 2. The van der Waals surface area contributed by atoms with Crippen molar-refractivity contribution in [3.63, 3.8) is 0 Å². The normalized spacial score (nSPS) is 17.5. The third kappa shape index (κ3) is 10.2. The fourth-order valence-corrected chi connectivity index (χ4v) is 12.3. The summed E-state index contributed by atoms with van der Waals surface area (Å²) in [7, 11) is -2.48. The zero-order valence-electron chi connectivity index (χ0n) is 40.1. The van der Waals surface area contributed by atoms with E-state index < -0.39 is 40.1 Å². The first-order chi connectivity index (χ1) is 34.9. The van der Waals surface area contributed by atoms with E-state index in [2.05, 4.69) is 17.0 Å². The van der Waals surface area contributed by atoms with Crippen molar-refractivity contribution in [1.29, 1.82) is 0 Å². The predicted molar refractivity (Wildman–Crippen MR) is 277 cm³/mol. The van der Waals surface area contributed by atoms with Gasteiger partial charge in [-0.3, -0.25) is 23.5 Å². The Bertz CT molecular complexity index is 3330. The highest BCUT2D eigenvalue weighted by Gasteiger charge is 2.45. The van der Waals surface area contributed by atoms with E-state index in [0.717, 1.165) is 39.0 Å². The number of hydrogen-bond donors (Lipinski definition) is 2. The first kappa shape index (κ1) is 49.3. The molecule has 0 bridgehead atoms. The lowest BCUT2D eigenvalue weighted by Crippen LogP contribution is -2.59. The van der Waals surface area contributed by atoms with Crippen molar-refractivity contribution in [3.8, 4) is 0 Å². The Balaban J connectivity index is 0.000000266. The molecule has 2 aliphatic rings. The second-order valence-electron chi connectivity index (χ2n) is 18.6. The van der Waals surface area contributed by atoms with Crippen molar-refractivity contribution < 1.29 is 28.2 Å². The number of fused-ring (bicyclic) bond motifs is 2. The highest BCUT2D eigenvalue weighted by molar-refractivity contribution is 7.90. The van der Waals surface area contributed by atoms with Crippen LogP contribution in [0.2, 0.25) is 0 Å². The summed E-state index contributed by atoms with van der Waals surface area (Å²) in [4.78, 5) is 56.4. The van der Waals surface area contributed by atoms with Crippen molar-refractivity contribution in [3.05, 3.63) is 208 Å². The van der Waals surface area contributed by atoms with Gasteiger partial charge in [0.25, 0.3) is 10.0 Å². The lowest BCUT2D eigenvalue weighted by Gasteiger charge is -2.49. The van der Waals surface area contributed by atoms with Crippen molar-refractivity contribution in [2.45, 2.75) is 74.8 Å². The highest BCUT2D eigenvalue weighted by atomic mass is 32.2. The zero-order valence-corrected chi connectivity index (χ0v) is 41.0. The Hall–Kier alpha value is -7.69. The molecule has 10 rings (SSSR count). The minimum Gasteiger partial charge on any atom is -0.465 e. The third-order valence-corrected chi connectivity index (χ3v) is 15.9. The van der Waals surface area contributed by atoms with Gasteiger partial charge in [-0.2, -0.15) is 3.97 Å². The molecule has 2 N–H and O–H groups in total. The third-order valence-electron chi connectivity index (χ3n) is 14.2. The molecule has 8 aromatic rings. The number of carbonyl (C=O) groups is 2. The molecule has 2 amide bonds. The smallest absolute Gasteiger partial charge is 0.408 e. The van der Waals surface area contributed by atoms with Crippen LogP contribution in [-0.4, -0.2) is 89.0 Å². The zero-order chi connectivity index (χ0) is 50.4. The van der Waals surface area contributed by atoms with Gasteiger partial charge in [0, 0.05) is 57.8 Å². The maximum Gasteiger partial charge on any atom is 0.408 e. The number of amides is 2. The molecule has 72 heavy (non-hydrogen) atoms. The number of aryl methyl sites for hydroxylation is 2. The van der Waals surface area contributed by atoms with Crippen molar-refractivity contribution in [2.24, 2.45) is 13.0 Å². The standard InChI is InChI=1S/C42H42N4O5S.C14H17N3O3/c47-41-45(38-26-13-14-27-39(38)46(41)52(50,51)35-23-11-4-12-24-35)37-28-29-44(42(48)49)40(36(37)25-15-22-32-16-5-1-6-17-32)43(30-33-18-7-2-8-19-33)31-34-20-9-3-10-21-34;1-15-11-4-2-3-5-12(11)17(13(15)18)10-6-8-16(9-7-10)14(19)20/h1-14,16-21,23-24,26-27,36-37,40H,15,22,25,28-31H2,(H,48,49);2-5,10H,6-9H2,1H3,(H,19,20)/t36?,37?,40-;/m0./s1. The number of aromatic nitrogens is 4. The van der Waals surface area contributed by atoms with E-state index in [1.807, 2.05) is 114 Å². The summed E-state index contributed by atoms with van der Waals surface area (Å²) in [6.45, 7) is 2.10. The lowest BCUT2D eigenvalue weighted by molar-refractivity contribution is -0.0492. The van der Waals surface area contributed by atoms with Gasteiger partial charge in [0.15, 0.2) is 0 Å². The number of benzene rings is 6. The second kappa shape index (κ2) is 21.7. The second-order valence-corrected chi connectivity index (χ2v) is 20.4. The molecule has 2 fully saturated rings. The van der Waals surface area contributed by atoms with Crippen molar-refractivity contribution in [2.75, 3.05) is 19.6 Å². The molecule has 2 aromatic heterocycles. The Labute approximate surface area is 418 Å². The van der Waals surface area contributed by atoms with Crippen LogP contribution in [0.4, 0.5) is 9.59 Å². The first-order valence-corrected chi connectivity index (χ1v) is 25.9. The van der Waals surface area contributed by atoms with Crippen LogP contribution in [0.3, 0.4) is 0 Å². The average molecular weight is 990 g/mol. The van der Waals surface area contributed by atoms with Crippen LogP contribution in [0.1, 0.15) is 60.9 Å². The fourth-order valence-electron chi connectivity index (χ4n) is 10.8. The Morgan fingerprint density at radius 2 is 1.06 bits per heavy atom. The van der Waals surface area contributed by atoms with Gasteiger partial charge in [-0.1, -0.05) is 133 Å². The van der Waals surface area contributed by atoms with Gasteiger partial charge in [0.1, 0.15) is 0 Å². The van der Waals surface area contributed by atoms with Gasteiger partial charge in [0.2, 0.25) is 0 Å². The molecule has 3 atom stereocenters. The minimum absolute atomic E-state index is 0.0230. The molecular formula is C56H59N7O8S. The number of carboxylic acid groups (broad SMARTS) is 2. The maximum absolute atomic E-state index is 14.7. The van der Waals surface area contributed by atoms with Crippen LogP contribution in [-0.2, 0) is 36.6 Å². The summed E-state index contributed by atoms with van der Waals surface area (Å²) in [5, 5.41) is 19.8. The van der Waals surface area contributed by atoms with Gasteiger partial charge >= 0.3 is 23.6 Å². The van der Waals surface area contributed by atoms with Crippen LogP contribution in [0.25, 0.3) is 22.1 Å². The van der Waals surface area contributed by atoms with Crippen LogP contribution < -0.4 is 11.4 Å². The fraction of sp³-hybridized carbons (Fsp3) is 0.286. The Morgan fingerprint density at radius 1 is 0.569 bits per heavy atom. The van der Waals surface area contributed by atoms with Crippen molar-refractivity contribution in [1.82, 2.24) is 32.4 Å². The monoisotopic (exact) mass is 989 g/mol. The molecule has 0 aliphatic carbocycles. The van der Waals surface area contributed by atoms with E-state index >= 15 is 0 Å². The molecule has 0 radical (unpaired) electrons. The van der Waals surface area contributed by atoms with Crippen LogP contribution in [0.15, 0.2) is 184 Å². The number of hydrogen-bond acceptors (Lipinski definition) is 7. The highest BCUT2D eigenvalue weighted by Crippen LogP contribution is 2.41. The predicted octanol–water partition coefficient (Wildman–Crippen LogP) is 9.29. The van der Waals surface area contributed by atoms with E-state index in [1.165, 1.54) is 27.5 Å². The quantitative estimate of drug-likeness (QED) is 0.114. The SMILES string of the molecule is Cn1c(=O)n(C2CCN(C(=O)O)CC2)c2ccccc21.O=C(O)N1CCC(n2c(=O)n(S(=O)(=O)c3ccccc3)c3ccccc32)C(CCCc2ccccc2)[C@H]1N(Cc1ccccc1)Cc1ccccc1. The molecule has 2 saturated heterocycles. The number of nitrogens with zero attached hydrogens (tertiary/aromatic N) is 7. The summed E-state index contributed by atoms with van der Waals surface area (Å²) >= 11 is 0. The van der Waals surface area contributed by atoms with Crippen LogP contribution in [0.5, 0.6) is 0 Å². The Morgan fingerprint density at radius 3 is 1.60 bits per heavy atom. The summed E-state index contributed by atoms with van der Waals surface area (Å²) in [5.74, 6) is -0.364. The van der Waals surface area contributed by atoms with E-state index in [1.54, 1.807) is 52.6 Å². The topological polar surface area (TPSA) is 172 Å². The molecule has 0 saturated carbocycles. The van der Waals surface area contributed by atoms with E-state index in [4.69, 9.17) is 5.11 Å².